The van der Waals surface area contributed by atoms with Crippen molar-refractivity contribution < 1.29 is 4.79 Å². The lowest BCUT2D eigenvalue weighted by Gasteiger charge is -2.10. The highest BCUT2D eigenvalue weighted by molar-refractivity contribution is 7.98. The summed E-state index contributed by atoms with van der Waals surface area (Å²) in [7, 11) is 0. The van der Waals surface area contributed by atoms with Gasteiger partial charge in [-0.1, -0.05) is 0 Å². The monoisotopic (exact) mass is 213 g/mol. The number of carbonyl (C=O) groups is 1. The van der Waals surface area contributed by atoms with E-state index in [1.807, 2.05) is 6.26 Å². The molecule has 0 saturated heterocycles. The van der Waals surface area contributed by atoms with Crippen molar-refractivity contribution in [1.82, 2.24) is 9.97 Å². The lowest BCUT2D eigenvalue weighted by Crippen LogP contribution is -2.25. The van der Waals surface area contributed by atoms with E-state index >= 15 is 0 Å². The minimum absolute atomic E-state index is 0.0919. The molecule has 0 aliphatic carbocycles. The van der Waals surface area contributed by atoms with Gasteiger partial charge in [-0.25, -0.2) is 4.98 Å². The van der Waals surface area contributed by atoms with Crippen molar-refractivity contribution in [2.24, 2.45) is 11.7 Å². The fourth-order valence-corrected chi connectivity index (χ4v) is 1.78. The zero-order valence-corrected chi connectivity index (χ0v) is 9.01. The smallest absolute Gasteiger partial charge is 0.220 e. The van der Waals surface area contributed by atoms with E-state index in [4.69, 9.17) is 5.73 Å². The van der Waals surface area contributed by atoms with Crippen LogP contribution in [0.1, 0.15) is 12.1 Å². The second-order valence-electron chi connectivity index (χ2n) is 3.15. The Kier molecular flexibility index (Phi) is 4.52. The number of nitrogens with one attached hydrogen (secondary N) is 1. The van der Waals surface area contributed by atoms with Gasteiger partial charge < -0.3 is 10.7 Å². The zero-order chi connectivity index (χ0) is 10.4. The maximum Gasteiger partial charge on any atom is 0.220 e. The second-order valence-corrected chi connectivity index (χ2v) is 4.13. The maximum atomic E-state index is 11.1. The summed E-state index contributed by atoms with van der Waals surface area (Å²) in [6, 6.07) is 0. The first-order valence-electron chi connectivity index (χ1n) is 4.50. The van der Waals surface area contributed by atoms with Crippen LogP contribution in [0.15, 0.2) is 12.5 Å². The van der Waals surface area contributed by atoms with Crippen molar-refractivity contribution in [3.8, 4) is 0 Å². The van der Waals surface area contributed by atoms with Crippen molar-refractivity contribution in [3.63, 3.8) is 0 Å². The van der Waals surface area contributed by atoms with Crippen molar-refractivity contribution >= 4 is 17.7 Å². The second kappa shape index (κ2) is 5.70. The molecule has 14 heavy (non-hydrogen) atoms. The first-order chi connectivity index (χ1) is 6.74. The number of imidazole rings is 1. The Hall–Kier alpha value is -0.970. The molecule has 78 valence electrons. The third kappa shape index (κ3) is 3.41. The lowest BCUT2D eigenvalue weighted by atomic mass is 10.0. The van der Waals surface area contributed by atoms with E-state index in [1.165, 1.54) is 0 Å². The van der Waals surface area contributed by atoms with Crippen LogP contribution in [-0.2, 0) is 11.2 Å². The number of amides is 1. The van der Waals surface area contributed by atoms with E-state index in [-0.39, 0.29) is 11.8 Å². The SMILES string of the molecule is CSCCC(Cc1c[nH]cn1)C(N)=O. The fraction of sp³-hybridized carbons (Fsp3) is 0.556. The molecule has 1 unspecified atom stereocenters. The number of primary amides is 1. The van der Waals surface area contributed by atoms with Gasteiger partial charge in [0.25, 0.3) is 0 Å². The molecule has 1 rings (SSSR count). The van der Waals surface area contributed by atoms with Crippen molar-refractivity contribution in [3.05, 3.63) is 18.2 Å². The van der Waals surface area contributed by atoms with Crippen LogP contribution in [-0.4, -0.2) is 27.9 Å². The Morgan fingerprint density at radius 1 is 1.79 bits per heavy atom. The summed E-state index contributed by atoms with van der Waals surface area (Å²) >= 11 is 1.72. The molecular weight excluding hydrogens is 198 g/mol. The first kappa shape index (κ1) is 11.1. The molecule has 0 radical (unpaired) electrons. The van der Waals surface area contributed by atoms with E-state index in [1.54, 1.807) is 24.3 Å². The Morgan fingerprint density at radius 3 is 3.07 bits per heavy atom. The summed E-state index contributed by atoms with van der Waals surface area (Å²) in [5, 5.41) is 0. The molecule has 0 aliphatic rings. The van der Waals surface area contributed by atoms with E-state index in [9.17, 15) is 4.79 Å². The number of aromatic nitrogens is 2. The molecule has 1 aromatic heterocycles. The number of thioether (sulfide) groups is 1. The topological polar surface area (TPSA) is 71.8 Å². The van der Waals surface area contributed by atoms with Crippen molar-refractivity contribution in [2.75, 3.05) is 12.0 Å². The molecule has 0 aromatic carbocycles. The summed E-state index contributed by atoms with van der Waals surface area (Å²) in [6.07, 6.45) is 6.90. The van der Waals surface area contributed by atoms with Gasteiger partial charge in [-0.05, 0) is 18.4 Å². The molecule has 0 spiro atoms. The highest BCUT2D eigenvalue weighted by atomic mass is 32.2. The first-order valence-corrected chi connectivity index (χ1v) is 5.89. The average molecular weight is 213 g/mol. The van der Waals surface area contributed by atoms with Crippen LogP contribution in [0, 0.1) is 5.92 Å². The molecule has 1 atom stereocenters. The summed E-state index contributed by atoms with van der Waals surface area (Å²) in [5.41, 5.74) is 6.21. The standard InChI is InChI=1S/C9H15N3OS/c1-14-3-2-7(9(10)13)4-8-5-11-6-12-8/h5-7H,2-4H2,1H3,(H2,10,13)(H,11,12). The van der Waals surface area contributed by atoms with Crippen LogP contribution in [0.2, 0.25) is 0 Å². The molecule has 0 bridgehead atoms. The number of nitrogens with zero attached hydrogens (tertiary/aromatic N) is 1. The van der Waals surface area contributed by atoms with Gasteiger partial charge >= 0.3 is 0 Å². The fourth-order valence-electron chi connectivity index (χ4n) is 1.26. The van der Waals surface area contributed by atoms with E-state index in [0.717, 1.165) is 17.9 Å². The normalized spacial score (nSPS) is 12.6. The molecule has 3 N–H and O–H groups in total. The van der Waals surface area contributed by atoms with Crippen molar-refractivity contribution in [1.29, 1.82) is 0 Å². The van der Waals surface area contributed by atoms with Crippen LogP contribution in [0.4, 0.5) is 0 Å². The Balaban J connectivity index is 2.47. The summed E-state index contributed by atoms with van der Waals surface area (Å²) in [6.45, 7) is 0. The molecule has 0 fully saturated rings. The molecule has 1 amide bonds. The van der Waals surface area contributed by atoms with Crippen LogP contribution in [0.5, 0.6) is 0 Å². The predicted octanol–water partition coefficient (Wildman–Crippen LogP) is 0.807. The summed E-state index contributed by atoms with van der Waals surface area (Å²) in [4.78, 5) is 18.0. The molecule has 0 saturated carbocycles. The number of hydrogen-bond donors (Lipinski definition) is 2. The van der Waals surface area contributed by atoms with Gasteiger partial charge in [-0.2, -0.15) is 11.8 Å². The summed E-state index contributed by atoms with van der Waals surface area (Å²) < 4.78 is 0. The number of carbonyl (C=O) groups excluding carboxylic acids is 1. The minimum atomic E-state index is -0.234. The number of hydrogen-bond acceptors (Lipinski definition) is 3. The lowest BCUT2D eigenvalue weighted by molar-refractivity contribution is -0.121. The molecular formula is C9H15N3OS. The number of aromatic amines is 1. The molecule has 4 nitrogen and oxygen atoms in total. The van der Waals surface area contributed by atoms with Gasteiger partial charge in [-0.3, -0.25) is 4.79 Å². The van der Waals surface area contributed by atoms with Gasteiger partial charge in [0, 0.05) is 18.5 Å². The molecule has 1 heterocycles. The Labute approximate surface area is 87.7 Å². The van der Waals surface area contributed by atoms with E-state index < -0.39 is 0 Å². The number of rotatable bonds is 6. The third-order valence-corrected chi connectivity index (χ3v) is 2.73. The molecule has 0 aliphatic heterocycles. The Bertz CT molecular complexity index is 274. The van der Waals surface area contributed by atoms with Gasteiger partial charge in [0.15, 0.2) is 0 Å². The van der Waals surface area contributed by atoms with Crippen molar-refractivity contribution in [2.45, 2.75) is 12.8 Å². The van der Waals surface area contributed by atoms with Gasteiger partial charge in [-0.15, -0.1) is 0 Å². The summed E-state index contributed by atoms with van der Waals surface area (Å²) in [5.74, 6) is 0.630. The highest BCUT2D eigenvalue weighted by Gasteiger charge is 2.16. The van der Waals surface area contributed by atoms with Gasteiger partial charge in [0.05, 0.1) is 12.0 Å². The Morgan fingerprint density at radius 2 is 2.57 bits per heavy atom. The van der Waals surface area contributed by atoms with Gasteiger partial charge in [0.2, 0.25) is 5.91 Å². The zero-order valence-electron chi connectivity index (χ0n) is 8.19. The van der Waals surface area contributed by atoms with Crippen LogP contribution < -0.4 is 5.73 Å². The van der Waals surface area contributed by atoms with Crippen LogP contribution in [0.25, 0.3) is 0 Å². The molecule has 5 heteroatoms. The predicted molar refractivity (Wildman–Crippen MR) is 58.0 cm³/mol. The maximum absolute atomic E-state index is 11.1. The highest BCUT2D eigenvalue weighted by Crippen LogP contribution is 2.12. The third-order valence-electron chi connectivity index (χ3n) is 2.08. The average Bonchev–Trinajstić information content (AvgIpc) is 2.64. The van der Waals surface area contributed by atoms with E-state index in [0.29, 0.717) is 6.42 Å². The van der Waals surface area contributed by atoms with E-state index in [2.05, 4.69) is 9.97 Å². The number of nitrogens with two attached hydrogens (primary N) is 1. The van der Waals surface area contributed by atoms with Crippen LogP contribution >= 0.6 is 11.8 Å². The largest absolute Gasteiger partial charge is 0.369 e. The number of H-pyrrole nitrogens is 1. The van der Waals surface area contributed by atoms with Gasteiger partial charge in [0.1, 0.15) is 0 Å². The quantitative estimate of drug-likeness (QED) is 0.734. The van der Waals surface area contributed by atoms with Crippen LogP contribution in [0.3, 0.4) is 0 Å². The minimum Gasteiger partial charge on any atom is -0.369 e. The molecule has 1 aromatic rings.